The minimum absolute atomic E-state index is 0.135. The first kappa shape index (κ1) is 10.5. The third-order valence-electron chi connectivity index (χ3n) is 2.48. The number of rotatable bonds is 2. The Morgan fingerprint density at radius 1 is 0.938 bits per heavy atom. The fraction of sp³-hybridized carbons (Fsp3) is 0.0769. The van der Waals surface area contributed by atoms with E-state index in [1.807, 2.05) is 24.3 Å². The van der Waals surface area contributed by atoms with Gasteiger partial charge >= 0.3 is 0 Å². The van der Waals surface area contributed by atoms with Crippen LogP contribution < -0.4 is 5.73 Å². The maximum Gasteiger partial charge on any atom is 0.123 e. The topological polar surface area (TPSA) is 66.5 Å². The van der Waals surface area contributed by atoms with Crippen molar-refractivity contribution in [3.8, 4) is 22.6 Å². The second-order valence-electron chi connectivity index (χ2n) is 3.60. The Kier molecular flexibility index (Phi) is 2.79. The zero-order valence-electron chi connectivity index (χ0n) is 8.72. The van der Waals surface area contributed by atoms with Crippen molar-refractivity contribution in [1.82, 2.24) is 0 Å². The fourth-order valence-corrected chi connectivity index (χ4v) is 1.58. The average molecular weight is 215 g/mol. The molecule has 3 heteroatoms. The van der Waals surface area contributed by atoms with Crippen LogP contribution in [0.2, 0.25) is 0 Å². The number of hydrogen-bond acceptors (Lipinski definition) is 3. The van der Waals surface area contributed by atoms with Gasteiger partial charge in [0.1, 0.15) is 11.5 Å². The summed E-state index contributed by atoms with van der Waals surface area (Å²) in [6.45, 7) is 0.492. The Labute approximate surface area is 93.8 Å². The maximum atomic E-state index is 9.68. The molecule has 4 N–H and O–H groups in total. The smallest absolute Gasteiger partial charge is 0.123 e. The van der Waals surface area contributed by atoms with Gasteiger partial charge < -0.3 is 15.9 Å². The first-order valence-electron chi connectivity index (χ1n) is 5.02. The Morgan fingerprint density at radius 3 is 2.25 bits per heavy atom. The molecule has 0 fully saturated rings. The van der Waals surface area contributed by atoms with Crippen molar-refractivity contribution >= 4 is 0 Å². The van der Waals surface area contributed by atoms with Gasteiger partial charge in [-0.1, -0.05) is 24.3 Å². The summed E-state index contributed by atoms with van der Waals surface area (Å²) in [7, 11) is 0. The van der Waals surface area contributed by atoms with Gasteiger partial charge in [-0.15, -0.1) is 0 Å². The molecule has 2 rings (SSSR count). The predicted molar refractivity (Wildman–Crippen MR) is 63.1 cm³/mol. The lowest BCUT2D eigenvalue weighted by molar-refractivity contribution is 0.462. The third kappa shape index (κ3) is 1.99. The van der Waals surface area contributed by atoms with Gasteiger partial charge in [-0.2, -0.15) is 0 Å². The average Bonchev–Trinajstić information content (AvgIpc) is 2.32. The van der Waals surface area contributed by atoms with Crippen LogP contribution in [-0.2, 0) is 6.54 Å². The first-order valence-corrected chi connectivity index (χ1v) is 5.02. The van der Waals surface area contributed by atoms with Gasteiger partial charge in [0.15, 0.2) is 0 Å². The second kappa shape index (κ2) is 4.24. The highest BCUT2D eigenvalue weighted by molar-refractivity contribution is 5.71. The zero-order valence-corrected chi connectivity index (χ0v) is 8.72. The molecule has 0 aromatic heterocycles. The van der Waals surface area contributed by atoms with Crippen LogP contribution in [0.15, 0.2) is 42.5 Å². The second-order valence-corrected chi connectivity index (χ2v) is 3.60. The molecule has 0 radical (unpaired) electrons. The Hall–Kier alpha value is -2.00. The van der Waals surface area contributed by atoms with Gasteiger partial charge in [0.2, 0.25) is 0 Å². The normalized spacial score (nSPS) is 10.3. The number of nitrogens with two attached hydrogens (primary N) is 1. The lowest BCUT2D eigenvalue weighted by Crippen LogP contribution is -1.95. The van der Waals surface area contributed by atoms with Gasteiger partial charge in [0.05, 0.1) is 0 Å². The summed E-state index contributed by atoms with van der Waals surface area (Å²) in [4.78, 5) is 0. The summed E-state index contributed by atoms with van der Waals surface area (Å²) in [5.74, 6) is 0.286. The van der Waals surface area contributed by atoms with E-state index in [0.717, 1.165) is 11.1 Å². The molecule has 0 aliphatic heterocycles. The van der Waals surface area contributed by atoms with Crippen LogP contribution in [0.1, 0.15) is 5.56 Å². The monoisotopic (exact) mass is 215 g/mol. The van der Waals surface area contributed by atoms with E-state index in [9.17, 15) is 10.2 Å². The Morgan fingerprint density at radius 2 is 1.62 bits per heavy atom. The SMILES string of the molecule is NCc1ccc(-c2cc(O)ccc2O)cc1. The molecule has 0 spiro atoms. The predicted octanol–water partition coefficient (Wildman–Crippen LogP) is 2.22. The lowest BCUT2D eigenvalue weighted by atomic mass is 10.0. The largest absolute Gasteiger partial charge is 0.508 e. The minimum atomic E-state index is 0.135. The van der Waals surface area contributed by atoms with E-state index >= 15 is 0 Å². The molecule has 0 bridgehead atoms. The highest BCUT2D eigenvalue weighted by Gasteiger charge is 2.04. The van der Waals surface area contributed by atoms with Gasteiger partial charge in [0, 0.05) is 12.1 Å². The van der Waals surface area contributed by atoms with Crippen LogP contribution in [-0.4, -0.2) is 10.2 Å². The summed E-state index contributed by atoms with van der Waals surface area (Å²) in [5.41, 5.74) is 8.00. The van der Waals surface area contributed by atoms with E-state index in [1.165, 1.54) is 18.2 Å². The Bertz CT molecular complexity index is 492. The van der Waals surface area contributed by atoms with Gasteiger partial charge in [-0.25, -0.2) is 0 Å². The molecule has 3 nitrogen and oxygen atoms in total. The van der Waals surface area contributed by atoms with Crippen LogP contribution >= 0.6 is 0 Å². The van der Waals surface area contributed by atoms with Crippen molar-refractivity contribution in [2.75, 3.05) is 0 Å². The van der Waals surface area contributed by atoms with Gasteiger partial charge in [-0.3, -0.25) is 0 Å². The van der Waals surface area contributed by atoms with E-state index in [4.69, 9.17) is 5.73 Å². The van der Waals surface area contributed by atoms with Crippen molar-refractivity contribution in [2.24, 2.45) is 5.73 Å². The fourth-order valence-electron chi connectivity index (χ4n) is 1.58. The standard InChI is InChI=1S/C13H13NO2/c14-8-9-1-3-10(4-2-9)12-7-11(15)5-6-13(12)16/h1-7,15-16H,8,14H2. The molecule has 0 saturated heterocycles. The highest BCUT2D eigenvalue weighted by atomic mass is 16.3. The van der Waals surface area contributed by atoms with Crippen molar-refractivity contribution in [1.29, 1.82) is 0 Å². The quantitative estimate of drug-likeness (QED) is 0.673. The molecular weight excluding hydrogens is 202 g/mol. The van der Waals surface area contributed by atoms with Gasteiger partial charge in [0.25, 0.3) is 0 Å². The van der Waals surface area contributed by atoms with E-state index in [1.54, 1.807) is 0 Å². The zero-order chi connectivity index (χ0) is 11.5. The van der Waals surface area contributed by atoms with E-state index in [2.05, 4.69) is 0 Å². The summed E-state index contributed by atoms with van der Waals surface area (Å²) in [5, 5.41) is 19.0. The molecule has 0 saturated carbocycles. The maximum absolute atomic E-state index is 9.68. The Balaban J connectivity index is 2.45. The van der Waals surface area contributed by atoms with Crippen LogP contribution in [0.5, 0.6) is 11.5 Å². The number of phenolic OH excluding ortho intramolecular Hbond substituents is 2. The summed E-state index contributed by atoms with van der Waals surface area (Å²) in [6.07, 6.45) is 0. The molecule has 0 heterocycles. The number of benzene rings is 2. The number of aromatic hydroxyl groups is 2. The molecule has 0 unspecified atom stereocenters. The minimum Gasteiger partial charge on any atom is -0.508 e. The molecular formula is C13H13NO2. The van der Waals surface area contributed by atoms with Crippen LogP contribution in [0, 0.1) is 0 Å². The lowest BCUT2D eigenvalue weighted by Gasteiger charge is -2.06. The highest BCUT2D eigenvalue weighted by Crippen LogP contribution is 2.32. The van der Waals surface area contributed by atoms with Crippen molar-refractivity contribution in [3.05, 3.63) is 48.0 Å². The molecule has 16 heavy (non-hydrogen) atoms. The molecule has 0 amide bonds. The van der Waals surface area contributed by atoms with Crippen molar-refractivity contribution in [3.63, 3.8) is 0 Å². The summed E-state index contributed by atoms with van der Waals surface area (Å²) < 4.78 is 0. The molecule has 0 atom stereocenters. The summed E-state index contributed by atoms with van der Waals surface area (Å²) in [6, 6.07) is 12.0. The molecule has 2 aromatic carbocycles. The molecule has 2 aromatic rings. The number of phenols is 2. The van der Waals surface area contributed by atoms with Crippen LogP contribution in [0.25, 0.3) is 11.1 Å². The molecule has 82 valence electrons. The van der Waals surface area contributed by atoms with Crippen LogP contribution in [0.4, 0.5) is 0 Å². The van der Waals surface area contributed by atoms with Crippen molar-refractivity contribution in [2.45, 2.75) is 6.54 Å². The van der Waals surface area contributed by atoms with E-state index in [-0.39, 0.29) is 11.5 Å². The van der Waals surface area contributed by atoms with E-state index < -0.39 is 0 Å². The number of hydrogen-bond donors (Lipinski definition) is 3. The molecule has 0 aliphatic rings. The van der Waals surface area contributed by atoms with Gasteiger partial charge in [-0.05, 0) is 29.3 Å². The molecule has 0 aliphatic carbocycles. The summed E-state index contributed by atoms with van der Waals surface area (Å²) >= 11 is 0. The third-order valence-corrected chi connectivity index (χ3v) is 2.48. The van der Waals surface area contributed by atoms with Crippen molar-refractivity contribution < 1.29 is 10.2 Å². The first-order chi connectivity index (χ1) is 7.70. The van der Waals surface area contributed by atoms with Crippen LogP contribution in [0.3, 0.4) is 0 Å². The van der Waals surface area contributed by atoms with E-state index in [0.29, 0.717) is 12.1 Å².